The maximum atomic E-state index is 11.5. The van der Waals surface area contributed by atoms with Crippen molar-refractivity contribution in [1.29, 1.82) is 0 Å². The van der Waals surface area contributed by atoms with E-state index in [4.69, 9.17) is 4.74 Å². The van der Waals surface area contributed by atoms with Gasteiger partial charge in [0.05, 0.1) is 13.4 Å². The third kappa shape index (κ3) is 2.96. The molecule has 6 heteroatoms. The Kier molecular flexibility index (Phi) is 4.21. The number of methoxy groups -OCH3 is 1. The maximum absolute atomic E-state index is 11.5. The molecule has 2 rings (SSSR count). The molecule has 0 fully saturated rings. The smallest absolute Gasteiger partial charge is 0.267 e. The van der Waals surface area contributed by atoms with E-state index in [1.54, 1.807) is 7.11 Å². The maximum Gasteiger partial charge on any atom is 0.267 e. The van der Waals surface area contributed by atoms with E-state index in [2.05, 4.69) is 25.9 Å². The van der Waals surface area contributed by atoms with Gasteiger partial charge < -0.3 is 14.6 Å². The van der Waals surface area contributed by atoms with Crippen molar-refractivity contribution in [2.45, 2.75) is 6.54 Å². The molecule has 0 saturated heterocycles. The number of para-hydroxylation sites is 1. The van der Waals surface area contributed by atoms with Crippen LogP contribution in [0, 0.1) is 0 Å². The number of rotatable bonds is 4. The molecule has 1 aromatic heterocycles. The Bertz CT molecular complexity index is 627. The first-order valence-electron chi connectivity index (χ1n) is 5.69. The Labute approximate surface area is 119 Å². The van der Waals surface area contributed by atoms with E-state index >= 15 is 0 Å². The van der Waals surface area contributed by atoms with Gasteiger partial charge in [0.25, 0.3) is 5.56 Å². The zero-order chi connectivity index (χ0) is 13.8. The number of ether oxygens (including phenoxy) is 1. The van der Waals surface area contributed by atoms with Crippen LogP contribution in [0.3, 0.4) is 0 Å². The molecular weight excluding hydrogens is 310 g/mol. The van der Waals surface area contributed by atoms with Crippen LogP contribution in [0.2, 0.25) is 0 Å². The van der Waals surface area contributed by atoms with Gasteiger partial charge in [0.2, 0.25) is 0 Å². The molecule has 1 aromatic carbocycles. The fourth-order valence-electron chi connectivity index (χ4n) is 1.80. The van der Waals surface area contributed by atoms with Crippen molar-refractivity contribution >= 4 is 21.7 Å². The quantitative estimate of drug-likeness (QED) is 0.936. The summed E-state index contributed by atoms with van der Waals surface area (Å²) in [7, 11) is 3.51. The number of nitrogens with one attached hydrogen (secondary N) is 1. The monoisotopic (exact) mass is 323 g/mol. The second-order valence-electron chi connectivity index (χ2n) is 4.04. The van der Waals surface area contributed by atoms with Gasteiger partial charge in [-0.25, -0.2) is 4.98 Å². The molecule has 0 aliphatic carbocycles. The first kappa shape index (κ1) is 13.6. The van der Waals surface area contributed by atoms with Crippen LogP contribution in [0.15, 0.2) is 39.9 Å². The topological polar surface area (TPSA) is 58.2 Å². The minimum Gasteiger partial charge on any atom is -0.496 e. The summed E-state index contributed by atoms with van der Waals surface area (Å²) in [5.41, 5.74) is 0.832. The first-order valence-corrected chi connectivity index (χ1v) is 6.49. The average Bonchev–Trinajstić information content (AvgIpc) is 2.42. The molecule has 0 spiro atoms. The Hall–Kier alpha value is -1.82. The van der Waals surface area contributed by atoms with Gasteiger partial charge in [-0.2, -0.15) is 0 Å². The van der Waals surface area contributed by atoms with Gasteiger partial charge in [-0.05, 0) is 22.0 Å². The summed E-state index contributed by atoms with van der Waals surface area (Å²) >= 11 is 3.25. The Morgan fingerprint density at radius 2 is 2.16 bits per heavy atom. The third-order valence-electron chi connectivity index (χ3n) is 2.74. The highest BCUT2D eigenvalue weighted by atomic mass is 79.9. The molecule has 0 atom stereocenters. The molecule has 0 saturated carbocycles. The lowest BCUT2D eigenvalue weighted by Crippen LogP contribution is -2.22. The highest BCUT2D eigenvalue weighted by molar-refractivity contribution is 9.10. The number of H-pyrrole nitrogens is 1. The van der Waals surface area contributed by atoms with Crippen LogP contribution < -0.4 is 15.2 Å². The van der Waals surface area contributed by atoms with Crippen LogP contribution in [0.4, 0.5) is 5.82 Å². The summed E-state index contributed by atoms with van der Waals surface area (Å²) < 4.78 is 5.73. The largest absolute Gasteiger partial charge is 0.496 e. The number of benzene rings is 1. The standard InChI is InChI=1S/C13H14BrN3O2/c1-17(12-11(14)13(18)16-8-15-12)7-9-5-3-4-6-10(9)19-2/h3-6,8H,7H2,1-2H3,(H,15,16,18). The SMILES string of the molecule is COc1ccccc1CN(C)c1nc[nH]c(=O)c1Br. The number of halogens is 1. The van der Waals surface area contributed by atoms with Gasteiger partial charge in [-0.1, -0.05) is 18.2 Å². The molecule has 0 aliphatic rings. The first-order chi connectivity index (χ1) is 9.13. The van der Waals surface area contributed by atoms with Crippen LogP contribution in [0.5, 0.6) is 5.75 Å². The molecule has 0 bridgehead atoms. The van der Waals surface area contributed by atoms with Crippen molar-refractivity contribution in [2.75, 3.05) is 19.1 Å². The van der Waals surface area contributed by atoms with E-state index < -0.39 is 0 Å². The predicted molar refractivity (Wildman–Crippen MR) is 77.7 cm³/mol. The van der Waals surface area contributed by atoms with Gasteiger partial charge in [-0.3, -0.25) is 4.79 Å². The molecule has 5 nitrogen and oxygen atoms in total. The van der Waals surface area contributed by atoms with Crippen LogP contribution in [0.25, 0.3) is 0 Å². The second-order valence-corrected chi connectivity index (χ2v) is 4.83. The molecule has 0 unspecified atom stereocenters. The van der Waals surface area contributed by atoms with Crippen molar-refractivity contribution in [2.24, 2.45) is 0 Å². The number of nitrogens with zero attached hydrogens (tertiary/aromatic N) is 2. The Morgan fingerprint density at radius 1 is 1.42 bits per heavy atom. The number of aromatic nitrogens is 2. The zero-order valence-corrected chi connectivity index (χ0v) is 12.3. The van der Waals surface area contributed by atoms with Crippen molar-refractivity contribution in [3.05, 3.63) is 51.0 Å². The molecule has 1 N–H and O–H groups in total. The Balaban J connectivity index is 2.28. The lowest BCUT2D eigenvalue weighted by molar-refractivity contribution is 0.409. The van der Waals surface area contributed by atoms with Crippen LogP contribution in [-0.4, -0.2) is 24.1 Å². The van der Waals surface area contributed by atoms with E-state index in [1.165, 1.54) is 6.33 Å². The number of hydrogen-bond acceptors (Lipinski definition) is 4. The van der Waals surface area contributed by atoms with Crippen molar-refractivity contribution in [3.63, 3.8) is 0 Å². The number of hydrogen-bond donors (Lipinski definition) is 1. The molecule has 0 amide bonds. The van der Waals surface area contributed by atoms with E-state index in [0.717, 1.165) is 11.3 Å². The lowest BCUT2D eigenvalue weighted by atomic mass is 10.2. The normalized spacial score (nSPS) is 10.3. The highest BCUT2D eigenvalue weighted by Crippen LogP contribution is 2.23. The minimum absolute atomic E-state index is 0.197. The third-order valence-corrected chi connectivity index (χ3v) is 3.45. The van der Waals surface area contributed by atoms with E-state index in [0.29, 0.717) is 16.8 Å². The summed E-state index contributed by atoms with van der Waals surface area (Å²) in [5.74, 6) is 1.41. The van der Waals surface area contributed by atoms with Gasteiger partial charge in [0.1, 0.15) is 16.0 Å². The fraction of sp³-hybridized carbons (Fsp3) is 0.231. The Morgan fingerprint density at radius 3 is 2.89 bits per heavy atom. The molecule has 19 heavy (non-hydrogen) atoms. The summed E-state index contributed by atoms with van der Waals surface area (Å²) in [5, 5.41) is 0. The van der Waals surface area contributed by atoms with Gasteiger partial charge in [0, 0.05) is 19.2 Å². The van der Waals surface area contributed by atoms with Crippen molar-refractivity contribution in [3.8, 4) is 5.75 Å². The zero-order valence-electron chi connectivity index (χ0n) is 10.7. The lowest BCUT2D eigenvalue weighted by Gasteiger charge is -2.20. The van der Waals surface area contributed by atoms with Gasteiger partial charge >= 0.3 is 0 Å². The number of aromatic amines is 1. The van der Waals surface area contributed by atoms with Crippen LogP contribution >= 0.6 is 15.9 Å². The average molecular weight is 324 g/mol. The number of anilines is 1. The van der Waals surface area contributed by atoms with Gasteiger partial charge in [0.15, 0.2) is 0 Å². The predicted octanol–water partition coefficient (Wildman–Crippen LogP) is 2.18. The molecule has 0 radical (unpaired) electrons. The van der Waals surface area contributed by atoms with E-state index in [9.17, 15) is 4.79 Å². The molecule has 100 valence electrons. The summed E-state index contributed by atoms with van der Waals surface area (Å²) in [6.07, 6.45) is 1.39. The van der Waals surface area contributed by atoms with E-state index in [1.807, 2.05) is 36.2 Å². The minimum atomic E-state index is -0.197. The van der Waals surface area contributed by atoms with Crippen molar-refractivity contribution in [1.82, 2.24) is 9.97 Å². The molecular formula is C13H14BrN3O2. The summed E-state index contributed by atoms with van der Waals surface area (Å²) in [4.78, 5) is 20.1. The summed E-state index contributed by atoms with van der Waals surface area (Å²) in [6.45, 7) is 0.596. The van der Waals surface area contributed by atoms with E-state index in [-0.39, 0.29) is 5.56 Å². The molecule has 0 aliphatic heterocycles. The van der Waals surface area contributed by atoms with Crippen LogP contribution in [0.1, 0.15) is 5.56 Å². The van der Waals surface area contributed by atoms with Gasteiger partial charge in [-0.15, -0.1) is 0 Å². The second kappa shape index (κ2) is 5.88. The molecule has 1 heterocycles. The fourth-order valence-corrected chi connectivity index (χ4v) is 2.32. The van der Waals surface area contributed by atoms with Crippen LogP contribution in [-0.2, 0) is 6.54 Å². The van der Waals surface area contributed by atoms with Crippen molar-refractivity contribution < 1.29 is 4.74 Å². The highest BCUT2D eigenvalue weighted by Gasteiger charge is 2.12. The molecule has 2 aromatic rings. The summed E-state index contributed by atoms with van der Waals surface area (Å²) in [6, 6.07) is 7.76.